The van der Waals surface area contributed by atoms with Crippen molar-refractivity contribution in [1.82, 2.24) is 4.98 Å². The van der Waals surface area contributed by atoms with Crippen molar-refractivity contribution >= 4 is 11.9 Å². The maximum atomic E-state index is 11.3. The summed E-state index contributed by atoms with van der Waals surface area (Å²) in [5.41, 5.74) is 0.278. The van der Waals surface area contributed by atoms with Gasteiger partial charge in [0.1, 0.15) is 0 Å². The van der Waals surface area contributed by atoms with Gasteiger partial charge in [0.15, 0.2) is 0 Å². The fourth-order valence-corrected chi connectivity index (χ4v) is 0.966. The Hall–Kier alpha value is -1.71. The molecular formula is C11H12NO3. The molecule has 0 aromatic carbocycles. The lowest BCUT2D eigenvalue weighted by Crippen LogP contribution is -2.12. The number of ether oxygens (including phenoxy) is 1. The van der Waals surface area contributed by atoms with Gasteiger partial charge in [0, 0.05) is 18.8 Å². The minimum absolute atomic E-state index is 0.218. The summed E-state index contributed by atoms with van der Waals surface area (Å²) in [5, 5.41) is 0. The SMILES string of the molecule is [CH2]CCCC(=O)OC(=O)c1cccnc1. The van der Waals surface area contributed by atoms with E-state index in [1.807, 2.05) is 0 Å². The number of pyridine rings is 1. The van der Waals surface area contributed by atoms with Gasteiger partial charge in [0.05, 0.1) is 5.56 Å². The molecule has 0 amide bonds. The third kappa shape index (κ3) is 3.89. The van der Waals surface area contributed by atoms with Gasteiger partial charge < -0.3 is 4.74 Å². The number of esters is 2. The van der Waals surface area contributed by atoms with Gasteiger partial charge in [-0.2, -0.15) is 0 Å². The molecule has 0 N–H and O–H groups in total. The van der Waals surface area contributed by atoms with Crippen molar-refractivity contribution in [2.75, 3.05) is 0 Å². The zero-order valence-corrected chi connectivity index (χ0v) is 8.31. The summed E-state index contributed by atoms with van der Waals surface area (Å²) in [4.78, 5) is 26.2. The second kappa shape index (κ2) is 5.90. The van der Waals surface area contributed by atoms with Gasteiger partial charge in [0.25, 0.3) is 0 Å². The Balaban J connectivity index is 2.46. The molecule has 0 unspecified atom stereocenters. The Morgan fingerprint density at radius 1 is 1.47 bits per heavy atom. The normalized spacial score (nSPS) is 9.67. The van der Waals surface area contributed by atoms with Crippen LogP contribution in [0.5, 0.6) is 0 Å². The first-order chi connectivity index (χ1) is 7.24. The molecule has 79 valence electrons. The second-order valence-electron chi connectivity index (χ2n) is 2.96. The summed E-state index contributed by atoms with van der Waals surface area (Å²) in [6.07, 6.45) is 4.39. The molecule has 1 heterocycles. The monoisotopic (exact) mass is 206 g/mol. The topological polar surface area (TPSA) is 56.3 Å². The molecule has 0 spiro atoms. The Kier molecular flexibility index (Phi) is 4.47. The molecule has 0 aliphatic carbocycles. The number of hydrogen-bond acceptors (Lipinski definition) is 4. The zero-order valence-electron chi connectivity index (χ0n) is 8.31. The molecule has 0 fully saturated rings. The average molecular weight is 206 g/mol. The molecule has 4 heteroatoms. The lowest BCUT2D eigenvalue weighted by molar-refractivity contribution is -0.138. The summed E-state index contributed by atoms with van der Waals surface area (Å²) in [6.45, 7) is 3.59. The maximum Gasteiger partial charge on any atom is 0.347 e. The number of unbranched alkanes of at least 4 members (excludes halogenated alkanes) is 1. The highest BCUT2D eigenvalue weighted by molar-refractivity contribution is 5.96. The van der Waals surface area contributed by atoms with Crippen LogP contribution in [0, 0.1) is 6.92 Å². The Labute approximate surface area is 88.3 Å². The van der Waals surface area contributed by atoms with E-state index >= 15 is 0 Å². The molecule has 1 radical (unpaired) electrons. The third-order valence-corrected chi connectivity index (χ3v) is 1.73. The predicted molar refractivity (Wildman–Crippen MR) is 53.9 cm³/mol. The van der Waals surface area contributed by atoms with Crippen LogP contribution in [0.3, 0.4) is 0 Å². The van der Waals surface area contributed by atoms with Crippen LogP contribution < -0.4 is 0 Å². The van der Waals surface area contributed by atoms with Crippen LogP contribution in [0.4, 0.5) is 0 Å². The first kappa shape index (κ1) is 11.4. The zero-order chi connectivity index (χ0) is 11.1. The van der Waals surface area contributed by atoms with E-state index in [0.717, 1.165) is 0 Å². The number of hydrogen-bond donors (Lipinski definition) is 0. The molecular weight excluding hydrogens is 194 g/mol. The van der Waals surface area contributed by atoms with E-state index in [2.05, 4.69) is 16.6 Å². The van der Waals surface area contributed by atoms with Gasteiger partial charge in [-0.15, -0.1) is 0 Å². The van der Waals surface area contributed by atoms with Gasteiger partial charge >= 0.3 is 11.9 Å². The van der Waals surface area contributed by atoms with Crippen LogP contribution in [0.15, 0.2) is 24.5 Å². The van der Waals surface area contributed by atoms with Crippen LogP contribution in [0.25, 0.3) is 0 Å². The quantitative estimate of drug-likeness (QED) is 0.556. The van der Waals surface area contributed by atoms with E-state index < -0.39 is 11.9 Å². The largest absolute Gasteiger partial charge is 0.389 e. The highest BCUT2D eigenvalue weighted by Gasteiger charge is 2.11. The lowest BCUT2D eigenvalue weighted by atomic mass is 10.2. The van der Waals surface area contributed by atoms with E-state index in [4.69, 9.17) is 0 Å². The van der Waals surface area contributed by atoms with E-state index in [1.54, 1.807) is 18.3 Å². The highest BCUT2D eigenvalue weighted by Crippen LogP contribution is 2.02. The minimum atomic E-state index is -0.655. The Morgan fingerprint density at radius 3 is 2.87 bits per heavy atom. The molecule has 1 rings (SSSR count). The lowest BCUT2D eigenvalue weighted by Gasteiger charge is -2.01. The summed E-state index contributed by atoms with van der Waals surface area (Å²) in [5.74, 6) is -1.18. The van der Waals surface area contributed by atoms with E-state index in [0.29, 0.717) is 12.8 Å². The van der Waals surface area contributed by atoms with Gasteiger partial charge in [-0.3, -0.25) is 9.78 Å². The van der Waals surface area contributed by atoms with Gasteiger partial charge in [-0.1, -0.05) is 13.3 Å². The molecule has 0 saturated carbocycles. The molecule has 15 heavy (non-hydrogen) atoms. The minimum Gasteiger partial charge on any atom is -0.389 e. The molecule has 0 bridgehead atoms. The maximum absolute atomic E-state index is 11.3. The molecule has 0 saturated heterocycles. The summed E-state index contributed by atoms with van der Waals surface area (Å²) >= 11 is 0. The molecule has 0 aliphatic heterocycles. The summed E-state index contributed by atoms with van der Waals surface area (Å²) < 4.78 is 4.59. The smallest absolute Gasteiger partial charge is 0.347 e. The fourth-order valence-electron chi connectivity index (χ4n) is 0.966. The van der Waals surface area contributed by atoms with Crippen LogP contribution >= 0.6 is 0 Å². The Bertz CT molecular complexity index is 335. The summed E-state index contributed by atoms with van der Waals surface area (Å²) in [6, 6.07) is 3.15. The number of rotatable bonds is 4. The van der Waals surface area contributed by atoms with Gasteiger partial charge in [-0.25, -0.2) is 4.79 Å². The van der Waals surface area contributed by atoms with Crippen molar-refractivity contribution in [2.45, 2.75) is 19.3 Å². The Morgan fingerprint density at radius 2 is 2.27 bits per heavy atom. The van der Waals surface area contributed by atoms with Gasteiger partial charge in [-0.05, 0) is 18.6 Å². The van der Waals surface area contributed by atoms with Crippen molar-refractivity contribution in [3.05, 3.63) is 37.0 Å². The van der Waals surface area contributed by atoms with Crippen molar-refractivity contribution in [3.63, 3.8) is 0 Å². The van der Waals surface area contributed by atoms with Crippen LogP contribution in [0.2, 0.25) is 0 Å². The van der Waals surface area contributed by atoms with Crippen molar-refractivity contribution in [3.8, 4) is 0 Å². The first-order valence-electron chi connectivity index (χ1n) is 4.68. The van der Waals surface area contributed by atoms with Crippen LogP contribution in [0.1, 0.15) is 29.6 Å². The van der Waals surface area contributed by atoms with Crippen LogP contribution in [-0.2, 0) is 9.53 Å². The number of carbonyl (C=O) groups excluding carboxylic acids is 2. The molecule has 1 aromatic heterocycles. The first-order valence-corrected chi connectivity index (χ1v) is 4.68. The fraction of sp³-hybridized carbons (Fsp3) is 0.273. The molecule has 4 nitrogen and oxygen atoms in total. The highest BCUT2D eigenvalue weighted by atomic mass is 16.6. The van der Waals surface area contributed by atoms with E-state index in [-0.39, 0.29) is 12.0 Å². The van der Waals surface area contributed by atoms with Crippen LogP contribution in [-0.4, -0.2) is 16.9 Å². The molecule has 1 aromatic rings. The van der Waals surface area contributed by atoms with E-state index in [1.165, 1.54) is 6.20 Å². The average Bonchev–Trinajstić information content (AvgIpc) is 2.27. The third-order valence-electron chi connectivity index (χ3n) is 1.73. The second-order valence-corrected chi connectivity index (χ2v) is 2.96. The van der Waals surface area contributed by atoms with E-state index in [9.17, 15) is 9.59 Å². The standard InChI is InChI=1S/C11H12NO3/c1-2-3-6-10(13)15-11(14)9-5-4-7-12-8-9/h4-5,7-8H,1-3,6H2. The van der Waals surface area contributed by atoms with Crippen molar-refractivity contribution in [1.29, 1.82) is 0 Å². The number of aromatic nitrogens is 1. The number of carbonyl (C=O) groups is 2. The summed E-state index contributed by atoms with van der Waals surface area (Å²) in [7, 11) is 0. The van der Waals surface area contributed by atoms with Crippen molar-refractivity contribution in [2.24, 2.45) is 0 Å². The predicted octanol–water partition coefficient (Wildman–Crippen LogP) is 1.77. The van der Waals surface area contributed by atoms with Gasteiger partial charge in [0.2, 0.25) is 0 Å². The van der Waals surface area contributed by atoms with Crippen molar-refractivity contribution < 1.29 is 14.3 Å². The molecule has 0 aliphatic rings. The molecule has 0 atom stereocenters. The number of nitrogens with zero attached hydrogens (tertiary/aromatic N) is 1.